The Bertz CT molecular complexity index is 934. The molecule has 0 aliphatic heterocycles. The van der Waals surface area contributed by atoms with Crippen molar-refractivity contribution in [1.82, 2.24) is 15.4 Å². The van der Waals surface area contributed by atoms with E-state index in [9.17, 15) is 0 Å². The summed E-state index contributed by atoms with van der Waals surface area (Å²) in [6.07, 6.45) is 1.71. The van der Waals surface area contributed by atoms with Gasteiger partial charge >= 0.3 is 0 Å². The molecule has 5 nitrogen and oxygen atoms in total. The van der Waals surface area contributed by atoms with Gasteiger partial charge in [-0.15, -0.1) is 16.4 Å². The Morgan fingerprint density at radius 3 is 2.90 bits per heavy atom. The SMILES string of the molecule is Cc1cc(-c2n[nH]nc2N)sc1-c1ccc2occc2c1. The van der Waals surface area contributed by atoms with Crippen LogP contribution in [0.2, 0.25) is 0 Å². The number of hydrogen-bond donors (Lipinski definition) is 2. The number of anilines is 1. The Labute approximate surface area is 124 Å². The van der Waals surface area contributed by atoms with Gasteiger partial charge in [-0.25, -0.2) is 0 Å². The number of hydrogen-bond acceptors (Lipinski definition) is 5. The quantitative estimate of drug-likeness (QED) is 0.589. The molecule has 0 bridgehead atoms. The third kappa shape index (κ3) is 1.92. The molecule has 0 aliphatic rings. The molecule has 3 aromatic heterocycles. The maximum Gasteiger partial charge on any atom is 0.174 e. The average molecular weight is 296 g/mol. The van der Waals surface area contributed by atoms with E-state index in [0.717, 1.165) is 15.8 Å². The first-order valence-corrected chi connectivity index (χ1v) is 7.29. The third-order valence-corrected chi connectivity index (χ3v) is 4.73. The number of aromatic amines is 1. The molecule has 104 valence electrons. The normalized spacial score (nSPS) is 11.3. The van der Waals surface area contributed by atoms with E-state index in [-0.39, 0.29) is 0 Å². The molecule has 0 amide bonds. The van der Waals surface area contributed by atoms with Crippen LogP contribution in [0.15, 0.2) is 41.0 Å². The highest BCUT2D eigenvalue weighted by molar-refractivity contribution is 7.19. The Kier molecular flexibility index (Phi) is 2.58. The summed E-state index contributed by atoms with van der Waals surface area (Å²) >= 11 is 1.66. The summed E-state index contributed by atoms with van der Waals surface area (Å²) in [7, 11) is 0. The lowest BCUT2D eigenvalue weighted by atomic mass is 10.1. The minimum Gasteiger partial charge on any atom is -0.464 e. The molecule has 3 heterocycles. The van der Waals surface area contributed by atoms with Crippen molar-refractivity contribution in [2.24, 2.45) is 0 Å². The topological polar surface area (TPSA) is 80.7 Å². The van der Waals surface area contributed by atoms with Gasteiger partial charge in [-0.2, -0.15) is 10.3 Å². The number of nitrogens with two attached hydrogens (primary N) is 1. The largest absolute Gasteiger partial charge is 0.464 e. The van der Waals surface area contributed by atoms with Gasteiger partial charge in [0.1, 0.15) is 11.3 Å². The van der Waals surface area contributed by atoms with Crippen molar-refractivity contribution in [3.63, 3.8) is 0 Å². The number of nitrogen functional groups attached to an aromatic ring is 1. The van der Waals surface area contributed by atoms with E-state index in [1.54, 1.807) is 17.6 Å². The van der Waals surface area contributed by atoms with Crippen molar-refractivity contribution in [3.8, 4) is 21.0 Å². The van der Waals surface area contributed by atoms with Crippen LogP contribution in [0.3, 0.4) is 0 Å². The van der Waals surface area contributed by atoms with Crippen molar-refractivity contribution in [2.45, 2.75) is 6.92 Å². The van der Waals surface area contributed by atoms with Crippen molar-refractivity contribution >= 4 is 28.1 Å². The maximum atomic E-state index is 5.82. The molecule has 4 aromatic rings. The predicted molar refractivity (Wildman–Crippen MR) is 84.1 cm³/mol. The molecule has 6 heteroatoms. The predicted octanol–water partition coefficient (Wildman–Crippen LogP) is 3.84. The second-order valence-corrected chi connectivity index (χ2v) is 5.91. The van der Waals surface area contributed by atoms with Gasteiger partial charge in [-0.1, -0.05) is 0 Å². The van der Waals surface area contributed by atoms with Gasteiger partial charge in [0.15, 0.2) is 5.82 Å². The van der Waals surface area contributed by atoms with Crippen LogP contribution in [-0.2, 0) is 0 Å². The smallest absolute Gasteiger partial charge is 0.174 e. The second kappa shape index (κ2) is 4.46. The molecule has 0 atom stereocenters. The van der Waals surface area contributed by atoms with E-state index in [4.69, 9.17) is 10.2 Å². The molecule has 4 rings (SSSR count). The summed E-state index contributed by atoms with van der Waals surface area (Å²) in [6.45, 7) is 2.09. The molecule has 1 aromatic carbocycles. The summed E-state index contributed by atoms with van der Waals surface area (Å²) in [6, 6.07) is 10.3. The molecule has 0 aliphatic carbocycles. The number of thiophene rings is 1. The van der Waals surface area contributed by atoms with Crippen molar-refractivity contribution < 1.29 is 4.42 Å². The zero-order valence-electron chi connectivity index (χ0n) is 11.3. The first-order chi connectivity index (χ1) is 10.2. The van der Waals surface area contributed by atoms with Crippen LogP contribution in [0, 0.1) is 6.92 Å². The number of nitrogens with zero attached hydrogens (tertiary/aromatic N) is 2. The fraction of sp³-hybridized carbons (Fsp3) is 0.0667. The number of aromatic nitrogens is 3. The first kappa shape index (κ1) is 12.2. The van der Waals surface area contributed by atoms with Crippen molar-refractivity contribution in [3.05, 3.63) is 42.2 Å². The standard InChI is InChI=1S/C15H12N4OS/c1-8-6-12(13-15(16)18-19-17-13)21-14(8)10-2-3-11-9(7-10)4-5-20-11/h2-7H,1H3,(H3,16,17,18,19). The monoisotopic (exact) mass is 296 g/mol. The summed E-state index contributed by atoms with van der Waals surface area (Å²) in [5.74, 6) is 0.424. The van der Waals surface area contributed by atoms with Crippen LogP contribution in [-0.4, -0.2) is 15.4 Å². The Hall–Kier alpha value is -2.60. The van der Waals surface area contributed by atoms with Crippen LogP contribution in [0.4, 0.5) is 5.82 Å². The molecule has 21 heavy (non-hydrogen) atoms. The van der Waals surface area contributed by atoms with Gasteiger partial charge in [0.25, 0.3) is 0 Å². The summed E-state index contributed by atoms with van der Waals surface area (Å²) in [4.78, 5) is 2.22. The number of aryl methyl sites for hydroxylation is 1. The second-order valence-electron chi connectivity index (χ2n) is 4.85. The number of rotatable bonds is 2. The van der Waals surface area contributed by atoms with Crippen LogP contribution in [0.1, 0.15) is 5.56 Å². The highest BCUT2D eigenvalue weighted by Gasteiger charge is 2.14. The Balaban J connectivity index is 1.85. The summed E-state index contributed by atoms with van der Waals surface area (Å²) < 4.78 is 5.38. The number of benzene rings is 1. The Morgan fingerprint density at radius 1 is 1.19 bits per heavy atom. The van der Waals surface area contributed by atoms with E-state index in [2.05, 4.69) is 40.5 Å². The number of H-pyrrole nitrogens is 1. The lowest BCUT2D eigenvalue weighted by Gasteiger charge is -1.99. The number of nitrogens with one attached hydrogen (secondary N) is 1. The van der Waals surface area contributed by atoms with Gasteiger partial charge < -0.3 is 10.2 Å². The maximum absolute atomic E-state index is 5.82. The molecule has 3 N–H and O–H groups in total. The lowest BCUT2D eigenvalue weighted by Crippen LogP contribution is -1.86. The Morgan fingerprint density at radius 2 is 2.10 bits per heavy atom. The molecule has 0 spiro atoms. The zero-order chi connectivity index (χ0) is 14.4. The van der Waals surface area contributed by atoms with E-state index in [1.807, 2.05) is 12.1 Å². The number of fused-ring (bicyclic) bond motifs is 1. The van der Waals surface area contributed by atoms with Crippen molar-refractivity contribution in [1.29, 1.82) is 0 Å². The fourth-order valence-electron chi connectivity index (χ4n) is 2.41. The van der Waals surface area contributed by atoms with Gasteiger partial charge in [0, 0.05) is 10.3 Å². The number of furan rings is 1. The molecular formula is C15H12N4OS. The van der Waals surface area contributed by atoms with Gasteiger partial charge in [-0.05, 0) is 48.4 Å². The lowest BCUT2D eigenvalue weighted by molar-refractivity contribution is 0.616. The zero-order valence-corrected chi connectivity index (χ0v) is 12.1. The minimum absolute atomic E-state index is 0.424. The third-order valence-electron chi connectivity index (χ3n) is 3.44. The van der Waals surface area contributed by atoms with E-state index < -0.39 is 0 Å². The molecule has 0 fully saturated rings. The van der Waals surface area contributed by atoms with Crippen LogP contribution < -0.4 is 5.73 Å². The van der Waals surface area contributed by atoms with Gasteiger partial charge in [0.05, 0.1) is 11.1 Å². The molecule has 0 radical (unpaired) electrons. The van der Waals surface area contributed by atoms with Crippen LogP contribution >= 0.6 is 11.3 Å². The molecule has 0 saturated carbocycles. The van der Waals surface area contributed by atoms with Crippen molar-refractivity contribution in [2.75, 3.05) is 5.73 Å². The fourth-order valence-corrected chi connectivity index (χ4v) is 3.58. The van der Waals surface area contributed by atoms with E-state index in [1.165, 1.54) is 16.0 Å². The molecule has 0 unspecified atom stereocenters. The van der Waals surface area contributed by atoms with Gasteiger partial charge in [0.2, 0.25) is 0 Å². The van der Waals surface area contributed by atoms with Gasteiger partial charge in [-0.3, -0.25) is 0 Å². The van der Waals surface area contributed by atoms with E-state index in [0.29, 0.717) is 11.5 Å². The van der Waals surface area contributed by atoms with E-state index >= 15 is 0 Å². The minimum atomic E-state index is 0.424. The highest BCUT2D eigenvalue weighted by atomic mass is 32.1. The van der Waals surface area contributed by atoms with Crippen LogP contribution in [0.25, 0.3) is 32.0 Å². The first-order valence-electron chi connectivity index (χ1n) is 6.47. The molecule has 0 saturated heterocycles. The highest BCUT2D eigenvalue weighted by Crippen LogP contribution is 2.39. The summed E-state index contributed by atoms with van der Waals surface area (Å²) in [5.41, 5.74) is 9.79. The summed E-state index contributed by atoms with van der Waals surface area (Å²) in [5, 5.41) is 11.6. The van der Waals surface area contributed by atoms with Crippen LogP contribution in [0.5, 0.6) is 0 Å². The molecular weight excluding hydrogens is 284 g/mol. The average Bonchev–Trinajstić information content (AvgIpc) is 3.17.